The second-order valence-corrected chi connectivity index (χ2v) is 8.86. The van der Waals surface area contributed by atoms with E-state index < -0.39 is 11.7 Å². The van der Waals surface area contributed by atoms with E-state index in [1.807, 2.05) is 53.2 Å². The molecule has 0 spiro atoms. The van der Waals surface area contributed by atoms with Crippen LogP contribution in [0, 0.1) is 5.92 Å². The molecular weight excluding hydrogens is 441 g/mol. The number of halogens is 3. The largest absolute Gasteiger partial charge is 0.460 e. The molecule has 1 unspecified atom stereocenters. The van der Waals surface area contributed by atoms with Gasteiger partial charge in [-0.15, -0.1) is 0 Å². The van der Waals surface area contributed by atoms with Gasteiger partial charge in [-0.1, -0.05) is 56.3 Å². The summed E-state index contributed by atoms with van der Waals surface area (Å²) in [6.45, 7) is 7.64. The zero-order chi connectivity index (χ0) is 24.7. The van der Waals surface area contributed by atoms with Gasteiger partial charge in [-0.25, -0.2) is 0 Å². The van der Waals surface area contributed by atoms with Crippen molar-refractivity contribution in [1.82, 2.24) is 9.47 Å². The summed E-state index contributed by atoms with van der Waals surface area (Å²) >= 11 is 0. The van der Waals surface area contributed by atoms with Crippen LogP contribution in [-0.2, 0) is 35.4 Å². The van der Waals surface area contributed by atoms with Crippen molar-refractivity contribution in [2.75, 3.05) is 6.54 Å². The first kappa shape index (κ1) is 25.6. The Morgan fingerprint density at radius 1 is 0.941 bits per heavy atom. The number of benzene rings is 2. The summed E-state index contributed by atoms with van der Waals surface area (Å²) in [5.74, 6) is 0.0254. The van der Waals surface area contributed by atoms with Crippen molar-refractivity contribution in [2.45, 2.75) is 52.7 Å². The first-order valence-electron chi connectivity index (χ1n) is 11.4. The quantitative estimate of drug-likeness (QED) is 0.332. The van der Waals surface area contributed by atoms with E-state index in [9.17, 15) is 18.0 Å². The smallest absolute Gasteiger partial charge is 0.416 e. The molecule has 1 heterocycles. The Hall–Kier alpha value is -3.06. The Morgan fingerprint density at radius 3 is 2.24 bits per heavy atom. The Morgan fingerprint density at radius 2 is 1.62 bits per heavy atom. The highest BCUT2D eigenvalue weighted by atomic mass is 19.4. The van der Waals surface area contributed by atoms with Gasteiger partial charge in [0.2, 0.25) is 0 Å². The molecule has 0 N–H and O–H groups in total. The van der Waals surface area contributed by atoms with E-state index in [1.165, 1.54) is 12.1 Å². The van der Waals surface area contributed by atoms with Crippen molar-refractivity contribution in [3.05, 3.63) is 95.3 Å². The second kappa shape index (κ2) is 11.4. The van der Waals surface area contributed by atoms with Crippen molar-refractivity contribution in [3.8, 4) is 0 Å². The summed E-state index contributed by atoms with van der Waals surface area (Å²) in [6.07, 6.45) is -2.45. The third-order valence-corrected chi connectivity index (χ3v) is 6.04. The van der Waals surface area contributed by atoms with Crippen LogP contribution in [0.3, 0.4) is 0 Å². The summed E-state index contributed by atoms with van der Waals surface area (Å²) in [5, 5.41) is 0. The first-order valence-corrected chi connectivity index (χ1v) is 11.4. The number of aromatic nitrogens is 1. The molecule has 4 nitrogen and oxygen atoms in total. The lowest BCUT2D eigenvalue weighted by Gasteiger charge is -2.31. The van der Waals surface area contributed by atoms with Crippen LogP contribution in [0.2, 0.25) is 0 Å². The lowest BCUT2D eigenvalue weighted by Crippen LogP contribution is -2.40. The molecule has 0 aliphatic rings. The number of hydrogen-bond acceptors (Lipinski definition) is 3. The highest BCUT2D eigenvalue weighted by Gasteiger charge is 2.30. The Bertz CT molecular complexity index is 1040. The minimum absolute atomic E-state index is 0.124. The number of carbonyl (C=O) groups excluding carboxylic acids is 1. The summed E-state index contributed by atoms with van der Waals surface area (Å²) in [5.41, 5.74) is 2.03. The zero-order valence-electron chi connectivity index (χ0n) is 19.8. The molecule has 3 aromatic rings. The average Bonchev–Trinajstić information content (AvgIpc) is 3.23. The van der Waals surface area contributed by atoms with Crippen molar-refractivity contribution < 1.29 is 22.7 Å². The lowest BCUT2D eigenvalue weighted by molar-refractivity contribution is -0.147. The van der Waals surface area contributed by atoms with Crippen LogP contribution in [0.1, 0.15) is 43.2 Å². The van der Waals surface area contributed by atoms with Gasteiger partial charge in [0.25, 0.3) is 0 Å². The van der Waals surface area contributed by atoms with Crippen molar-refractivity contribution in [3.63, 3.8) is 0 Å². The maximum Gasteiger partial charge on any atom is 0.416 e. The molecule has 0 radical (unpaired) electrons. The predicted molar refractivity (Wildman–Crippen MR) is 126 cm³/mol. The summed E-state index contributed by atoms with van der Waals surface area (Å²) in [6, 6.07) is 18.8. The van der Waals surface area contributed by atoms with Gasteiger partial charge in [0, 0.05) is 31.0 Å². The van der Waals surface area contributed by atoms with Crippen molar-refractivity contribution >= 4 is 5.97 Å². The van der Waals surface area contributed by atoms with Crippen molar-refractivity contribution in [2.24, 2.45) is 5.92 Å². The van der Waals surface area contributed by atoms with Gasteiger partial charge in [-0.05, 0) is 48.2 Å². The van der Waals surface area contributed by atoms with E-state index in [4.69, 9.17) is 4.74 Å². The van der Waals surface area contributed by atoms with Crippen LogP contribution < -0.4 is 0 Å². The minimum Gasteiger partial charge on any atom is -0.460 e. The molecule has 182 valence electrons. The van der Waals surface area contributed by atoms with Gasteiger partial charge in [-0.2, -0.15) is 13.2 Å². The molecule has 0 saturated heterocycles. The van der Waals surface area contributed by atoms with Crippen LogP contribution in [0.5, 0.6) is 0 Å². The SMILES string of the molecule is CC(C)C(C)N(CC(=O)OCc1ccccc1)Cc1cccn1Cc1ccc(C(F)(F)F)cc1. The van der Waals surface area contributed by atoms with E-state index in [1.54, 1.807) is 0 Å². The van der Waals surface area contributed by atoms with Gasteiger partial charge in [0.1, 0.15) is 6.61 Å². The third-order valence-electron chi connectivity index (χ3n) is 6.04. The Balaban J connectivity index is 1.67. The molecule has 7 heteroatoms. The minimum atomic E-state index is -4.35. The van der Waals surface area contributed by atoms with E-state index in [0.717, 1.165) is 29.0 Å². The van der Waals surface area contributed by atoms with Crippen LogP contribution in [0.25, 0.3) is 0 Å². The topological polar surface area (TPSA) is 34.5 Å². The number of rotatable bonds is 10. The zero-order valence-corrected chi connectivity index (χ0v) is 19.8. The molecular formula is C27H31F3N2O2. The number of hydrogen-bond donors (Lipinski definition) is 0. The number of esters is 1. The van der Waals surface area contributed by atoms with Crippen LogP contribution in [-0.4, -0.2) is 28.0 Å². The molecule has 0 fully saturated rings. The van der Waals surface area contributed by atoms with E-state index in [0.29, 0.717) is 19.0 Å². The van der Waals surface area contributed by atoms with Crippen molar-refractivity contribution in [1.29, 1.82) is 0 Å². The van der Waals surface area contributed by atoms with Crippen LogP contribution in [0.4, 0.5) is 13.2 Å². The summed E-state index contributed by atoms with van der Waals surface area (Å²) in [7, 11) is 0. The number of nitrogens with zero attached hydrogens (tertiary/aromatic N) is 2. The van der Waals surface area contributed by atoms with E-state index in [2.05, 4.69) is 25.7 Å². The fraction of sp³-hybridized carbons (Fsp3) is 0.370. The second-order valence-electron chi connectivity index (χ2n) is 8.86. The molecule has 1 atom stereocenters. The molecule has 34 heavy (non-hydrogen) atoms. The fourth-order valence-corrected chi connectivity index (χ4v) is 3.67. The maximum absolute atomic E-state index is 12.9. The summed E-state index contributed by atoms with van der Waals surface area (Å²) in [4.78, 5) is 14.7. The first-order chi connectivity index (χ1) is 16.1. The van der Waals surface area contributed by atoms with Gasteiger partial charge in [0.15, 0.2) is 0 Å². The average molecular weight is 473 g/mol. The number of alkyl halides is 3. The van der Waals surface area contributed by atoms with E-state index in [-0.39, 0.29) is 25.2 Å². The highest BCUT2D eigenvalue weighted by molar-refractivity contribution is 5.71. The van der Waals surface area contributed by atoms with Gasteiger partial charge in [-0.3, -0.25) is 9.69 Å². The Kier molecular flexibility index (Phi) is 8.56. The number of carbonyl (C=O) groups is 1. The van der Waals surface area contributed by atoms with Gasteiger partial charge in [0.05, 0.1) is 12.1 Å². The standard InChI is InChI=1S/C27H31F3N2O2/c1-20(2)21(3)32(18-26(33)34-19-23-8-5-4-6-9-23)17-25-10-7-15-31(25)16-22-11-13-24(14-12-22)27(28,29)30/h4-15,20-21H,16-19H2,1-3H3. The predicted octanol–water partition coefficient (Wildman–Crippen LogP) is 6.15. The fourth-order valence-electron chi connectivity index (χ4n) is 3.67. The molecule has 0 saturated carbocycles. The maximum atomic E-state index is 12.9. The Labute approximate surface area is 199 Å². The van der Waals surface area contributed by atoms with E-state index >= 15 is 0 Å². The molecule has 0 aliphatic carbocycles. The monoisotopic (exact) mass is 472 g/mol. The highest BCUT2D eigenvalue weighted by Crippen LogP contribution is 2.29. The third kappa shape index (κ3) is 7.22. The molecule has 0 amide bonds. The van der Waals surface area contributed by atoms with Crippen LogP contribution in [0.15, 0.2) is 72.9 Å². The van der Waals surface area contributed by atoms with Crippen LogP contribution >= 0.6 is 0 Å². The number of ether oxygens (including phenoxy) is 1. The van der Waals surface area contributed by atoms with Gasteiger partial charge < -0.3 is 9.30 Å². The summed E-state index contributed by atoms with van der Waals surface area (Å²) < 4.78 is 46.0. The lowest BCUT2D eigenvalue weighted by atomic mass is 10.0. The molecule has 2 aromatic carbocycles. The van der Waals surface area contributed by atoms with Gasteiger partial charge >= 0.3 is 12.1 Å². The normalized spacial score (nSPS) is 12.8. The molecule has 3 rings (SSSR count). The molecule has 0 aliphatic heterocycles. The molecule has 1 aromatic heterocycles. The molecule has 0 bridgehead atoms.